The molecule has 3 aliphatic rings. The van der Waals surface area contributed by atoms with Crippen LogP contribution >= 0.6 is 0 Å². The fraction of sp³-hybridized carbons (Fsp3) is 0.150. The highest BCUT2D eigenvalue weighted by Gasteiger charge is 2.50. The van der Waals surface area contributed by atoms with Crippen molar-refractivity contribution >= 4 is 30.6 Å². The van der Waals surface area contributed by atoms with Gasteiger partial charge in [-0.1, -0.05) is 151 Å². The number of rotatable bonds is 4. The van der Waals surface area contributed by atoms with E-state index in [0.29, 0.717) is 11.1 Å². The normalized spacial score (nSPS) is 18.8. The molecule has 1 aromatic heterocycles. The highest BCUT2D eigenvalue weighted by atomic mass is 28.3. The van der Waals surface area contributed by atoms with Crippen LogP contribution in [0.3, 0.4) is 0 Å². The molecular weight excluding hydrogens is 523 g/mol. The molecule has 1 nitrogen and oxygen atoms in total. The minimum Gasteiger partial charge on any atom is -0.315 e. The van der Waals surface area contributed by atoms with Gasteiger partial charge in [0.25, 0.3) is 0 Å². The van der Waals surface area contributed by atoms with Gasteiger partial charge < -0.3 is 4.57 Å². The monoisotopic (exact) mass is 555 g/mol. The summed E-state index contributed by atoms with van der Waals surface area (Å²) in [6.07, 6.45) is 2.59. The van der Waals surface area contributed by atoms with E-state index in [0.717, 1.165) is 0 Å². The van der Waals surface area contributed by atoms with Gasteiger partial charge in [0, 0.05) is 22.3 Å². The lowest BCUT2D eigenvalue weighted by Crippen LogP contribution is -2.50. The largest absolute Gasteiger partial charge is 0.315 e. The van der Waals surface area contributed by atoms with Gasteiger partial charge in [-0.05, 0) is 46.0 Å². The maximum atomic E-state index is 2.64. The first-order valence-electron chi connectivity index (χ1n) is 15.5. The highest BCUT2D eigenvalue weighted by molar-refractivity contribution is 6.86. The fourth-order valence-electron chi connectivity index (χ4n) is 9.07. The molecule has 2 aliphatic carbocycles. The minimum atomic E-state index is -2.03. The Labute approximate surface area is 248 Å². The van der Waals surface area contributed by atoms with Gasteiger partial charge in [0.15, 0.2) is 0 Å². The zero-order chi connectivity index (χ0) is 28.0. The summed E-state index contributed by atoms with van der Waals surface area (Å²) in [5.41, 5.74) is 18.4. The van der Waals surface area contributed by atoms with E-state index in [2.05, 4.69) is 146 Å². The number of hydrogen-bond donors (Lipinski definition) is 0. The quantitative estimate of drug-likeness (QED) is 0.191. The van der Waals surface area contributed by atoms with Crippen molar-refractivity contribution < 1.29 is 0 Å². The molecule has 0 saturated heterocycles. The van der Waals surface area contributed by atoms with Crippen LogP contribution in [-0.4, -0.2) is 12.6 Å². The number of aromatic nitrogens is 1. The van der Waals surface area contributed by atoms with E-state index in [1.165, 1.54) is 62.1 Å². The predicted molar refractivity (Wildman–Crippen MR) is 180 cm³/mol. The molecule has 0 fully saturated rings. The van der Waals surface area contributed by atoms with Crippen LogP contribution in [0.4, 0.5) is 0 Å². The van der Waals surface area contributed by atoms with Gasteiger partial charge in [0.2, 0.25) is 0 Å². The van der Waals surface area contributed by atoms with Crippen LogP contribution in [0.25, 0.3) is 50.5 Å². The molecule has 9 rings (SSSR count). The summed E-state index contributed by atoms with van der Waals surface area (Å²) in [5, 5.41) is 1.39. The molecule has 5 aromatic carbocycles. The number of fused-ring (bicyclic) bond motifs is 9. The maximum Gasteiger partial charge on any atom is 0.0536 e. The highest BCUT2D eigenvalue weighted by Crippen LogP contribution is 2.66. The molecular formula is C40H33NSi-. The SMILES string of the molecule is CC[Si-]1(CC)C2C(=Cc3c(-c4ccccc4)cccc32)c2cccc3c2C1c1c-3c2ccccc2n1-c1ccccc1. The second-order valence-electron chi connectivity index (χ2n) is 12.3. The first-order valence-corrected chi connectivity index (χ1v) is 18.1. The molecule has 1 aliphatic heterocycles. The number of benzene rings is 5. The minimum absolute atomic E-state index is 0.454. The van der Waals surface area contributed by atoms with Gasteiger partial charge in [0.05, 0.1) is 5.52 Å². The Morgan fingerprint density at radius 3 is 2.07 bits per heavy atom. The summed E-state index contributed by atoms with van der Waals surface area (Å²) in [6.45, 7) is 5.01. The van der Waals surface area contributed by atoms with Crippen LogP contribution in [0.5, 0.6) is 0 Å². The van der Waals surface area contributed by atoms with E-state index < -0.39 is 8.07 Å². The molecule has 6 aromatic rings. The van der Waals surface area contributed by atoms with Crippen LogP contribution < -0.4 is 0 Å². The van der Waals surface area contributed by atoms with E-state index in [9.17, 15) is 0 Å². The molecule has 2 heteroatoms. The Bertz CT molecular complexity index is 2060. The van der Waals surface area contributed by atoms with Crippen LogP contribution in [0.15, 0.2) is 121 Å². The zero-order valence-electron chi connectivity index (χ0n) is 24.1. The Morgan fingerprint density at radius 1 is 0.619 bits per heavy atom. The molecule has 203 valence electrons. The van der Waals surface area contributed by atoms with Gasteiger partial charge in [-0.15, -0.1) is 8.07 Å². The molecule has 0 spiro atoms. The number of nitrogens with zero attached hydrogens (tertiary/aromatic N) is 1. The molecule has 0 saturated carbocycles. The molecule has 0 amide bonds. The third-order valence-electron chi connectivity index (χ3n) is 10.8. The van der Waals surface area contributed by atoms with E-state index in [4.69, 9.17) is 0 Å². The summed E-state index contributed by atoms with van der Waals surface area (Å²) in [7, 11) is -2.03. The summed E-state index contributed by atoms with van der Waals surface area (Å²) < 4.78 is 2.64. The van der Waals surface area contributed by atoms with E-state index in [-0.39, 0.29) is 0 Å². The fourth-order valence-corrected chi connectivity index (χ4v) is 15.0. The van der Waals surface area contributed by atoms with Crippen LogP contribution in [0, 0.1) is 0 Å². The smallest absolute Gasteiger partial charge is 0.0536 e. The predicted octanol–water partition coefficient (Wildman–Crippen LogP) is 10.6. The van der Waals surface area contributed by atoms with Crippen molar-refractivity contribution in [1.29, 1.82) is 0 Å². The van der Waals surface area contributed by atoms with Crippen LogP contribution in [0.1, 0.15) is 52.9 Å². The van der Waals surface area contributed by atoms with Crippen molar-refractivity contribution in [3.05, 3.63) is 149 Å². The second kappa shape index (κ2) is 8.80. The van der Waals surface area contributed by atoms with Gasteiger partial charge in [-0.25, -0.2) is 0 Å². The third kappa shape index (κ3) is 2.93. The molecule has 0 radical (unpaired) electrons. The molecule has 0 N–H and O–H groups in total. The van der Waals surface area contributed by atoms with E-state index in [1.54, 1.807) is 22.4 Å². The van der Waals surface area contributed by atoms with Gasteiger partial charge in [-0.2, -0.15) is 12.1 Å². The summed E-state index contributed by atoms with van der Waals surface area (Å²) in [5.74, 6) is 0. The lowest BCUT2D eigenvalue weighted by atomic mass is 9.92. The third-order valence-corrected chi connectivity index (χ3v) is 16.9. The Balaban J connectivity index is 1.39. The first kappa shape index (κ1) is 24.2. The van der Waals surface area contributed by atoms with Crippen molar-refractivity contribution in [2.75, 3.05) is 0 Å². The second-order valence-corrected chi connectivity index (χ2v) is 17.3. The van der Waals surface area contributed by atoms with Crippen molar-refractivity contribution in [1.82, 2.24) is 4.57 Å². The average Bonchev–Trinajstić information content (AvgIpc) is 3.72. The zero-order valence-corrected chi connectivity index (χ0v) is 25.1. The number of allylic oxidation sites excluding steroid dienone is 1. The van der Waals surface area contributed by atoms with Crippen LogP contribution in [-0.2, 0) is 0 Å². The molecule has 2 atom stereocenters. The summed E-state index contributed by atoms with van der Waals surface area (Å²) >= 11 is 0. The molecule has 2 unspecified atom stereocenters. The molecule has 2 heterocycles. The van der Waals surface area contributed by atoms with Crippen molar-refractivity contribution in [2.24, 2.45) is 0 Å². The van der Waals surface area contributed by atoms with Gasteiger partial charge >= 0.3 is 0 Å². The van der Waals surface area contributed by atoms with Crippen molar-refractivity contribution in [2.45, 2.75) is 37.0 Å². The Hall–Kier alpha value is -4.40. The molecule has 0 bridgehead atoms. The summed E-state index contributed by atoms with van der Waals surface area (Å²) in [6, 6.07) is 48.0. The Morgan fingerprint density at radius 2 is 1.29 bits per heavy atom. The van der Waals surface area contributed by atoms with Gasteiger partial charge in [0.1, 0.15) is 0 Å². The molecule has 42 heavy (non-hydrogen) atoms. The Kier molecular flexibility index (Phi) is 5.07. The summed E-state index contributed by atoms with van der Waals surface area (Å²) in [4.78, 5) is 0. The average molecular weight is 556 g/mol. The lowest BCUT2D eigenvalue weighted by molar-refractivity contribution is 0.882. The maximum absolute atomic E-state index is 2.64. The van der Waals surface area contributed by atoms with Crippen molar-refractivity contribution in [3.63, 3.8) is 0 Å². The lowest BCUT2D eigenvalue weighted by Gasteiger charge is -2.58. The first-order chi connectivity index (χ1) is 20.8. The number of hydrogen-bond acceptors (Lipinski definition) is 0. The standard InChI is InChI=1S/C40H33NSi/c1-3-42(4-2)39-30-22-13-20-28(26-15-7-5-8-16-26)33(30)25-34(39)29-21-14-23-32-36-31-19-11-12-24-35(31)41(27-17-9-6-10-18-27)38(36)40(42)37(29)32/h5-25,39-40H,3-4H2,1-2H3/q-1. The van der Waals surface area contributed by atoms with Crippen LogP contribution in [0.2, 0.25) is 12.1 Å². The van der Waals surface area contributed by atoms with E-state index >= 15 is 0 Å². The van der Waals surface area contributed by atoms with Crippen molar-refractivity contribution in [3.8, 4) is 27.9 Å². The number of para-hydroxylation sites is 2. The van der Waals surface area contributed by atoms with Gasteiger partial charge in [-0.3, -0.25) is 0 Å². The topological polar surface area (TPSA) is 4.93 Å². The van der Waals surface area contributed by atoms with E-state index in [1.807, 2.05) is 0 Å².